The molecule has 0 bridgehead atoms. The minimum atomic E-state index is -4.33. The molecule has 0 fully saturated rings. The van der Waals surface area contributed by atoms with Crippen LogP contribution in [0.3, 0.4) is 0 Å². The Hall–Kier alpha value is -2.76. The Balaban J connectivity index is 1.89. The minimum Gasteiger partial charge on any atom is -0.399 e. The van der Waals surface area contributed by atoms with Crippen molar-refractivity contribution in [3.8, 4) is 16.9 Å². The second-order valence-corrected chi connectivity index (χ2v) is 4.83. The van der Waals surface area contributed by atoms with Gasteiger partial charge >= 0.3 is 6.18 Å². The largest absolute Gasteiger partial charge is 0.416 e. The van der Waals surface area contributed by atoms with Crippen molar-refractivity contribution in [1.29, 1.82) is 0 Å². The molecule has 3 nitrogen and oxygen atoms in total. The van der Waals surface area contributed by atoms with Crippen LogP contribution in [0.1, 0.15) is 5.56 Å². The van der Waals surface area contributed by atoms with E-state index in [1.54, 1.807) is 29.2 Å². The molecule has 0 atom stereocenters. The summed E-state index contributed by atoms with van der Waals surface area (Å²) in [5, 5.41) is 0. The summed E-state index contributed by atoms with van der Waals surface area (Å²) < 4.78 is 39.4. The number of anilines is 1. The number of hydrogen-bond donors (Lipinski definition) is 1. The van der Waals surface area contributed by atoms with Gasteiger partial charge in [-0.25, -0.2) is 4.98 Å². The van der Waals surface area contributed by atoms with Crippen LogP contribution in [0.25, 0.3) is 16.9 Å². The quantitative estimate of drug-likeness (QED) is 0.723. The van der Waals surface area contributed by atoms with Crippen molar-refractivity contribution in [1.82, 2.24) is 9.55 Å². The molecule has 22 heavy (non-hydrogen) atoms. The summed E-state index contributed by atoms with van der Waals surface area (Å²) in [6.07, 6.45) is -0.964. The second kappa shape index (κ2) is 5.22. The highest BCUT2D eigenvalue weighted by Gasteiger charge is 2.30. The van der Waals surface area contributed by atoms with Crippen molar-refractivity contribution < 1.29 is 13.2 Å². The number of halogens is 3. The monoisotopic (exact) mass is 303 g/mol. The van der Waals surface area contributed by atoms with Crippen LogP contribution in [0.5, 0.6) is 0 Å². The Kier molecular flexibility index (Phi) is 3.36. The van der Waals surface area contributed by atoms with E-state index in [1.807, 2.05) is 12.1 Å². The first-order valence-corrected chi connectivity index (χ1v) is 6.51. The van der Waals surface area contributed by atoms with Gasteiger partial charge < -0.3 is 10.3 Å². The lowest BCUT2D eigenvalue weighted by Gasteiger charge is -2.06. The fraction of sp³-hybridized carbons (Fsp3) is 0.0625. The van der Waals surface area contributed by atoms with E-state index in [9.17, 15) is 13.2 Å². The number of rotatable bonds is 2. The molecule has 0 radical (unpaired) electrons. The molecule has 2 aromatic carbocycles. The van der Waals surface area contributed by atoms with Gasteiger partial charge in [0, 0.05) is 23.1 Å². The van der Waals surface area contributed by atoms with Gasteiger partial charge in [0.05, 0.1) is 17.6 Å². The summed E-state index contributed by atoms with van der Waals surface area (Å²) in [7, 11) is 0. The normalized spacial score (nSPS) is 11.6. The summed E-state index contributed by atoms with van der Waals surface area (Å²) in [6, 6.07) is 12.2. The van der Waals surface area contributed by atoms with Crippen LogP contribution >= 0.6 is 0 Å². The van der Waals surface area contributed by atoms with Crippen molar-refractivity contribution in [3.63, 3.8) is 0 Å². The summed E-state index contributed by atoms with van der Waals surface area (Å²) in [4.78, 5) is 4.23. The molecule has 112 valence electrons. The van der Waals surface area contributed by atoms with Crippen LogP contribution < -0.4 is 5.73 Å². The Morgan fingerprint density at radius 1 is 0.909 bits per heavy atom. The van der Waals surface area contributed by atoms with Gasteiger partial charge in [0.2, 0.25) is 0 Å². The van der Waals surface area contributed by atoms with Gasteiger partial charge in [-0.2, -0.15) is 13.2 Å². The zero-order valence-corrected chi connectivity index (χ0v) is 11.4. The molecule has 0 aliphatic heterocycles. The van der Waals surface area contributed by atoms with Gasteiger partial charge in [0.15, 0.2) is 0 Å². The standard InChI is InChI=1S/C16H12F3N3/c17-16(18,19)12-3-1-11(2-4-12)15-9-22(10-21-15)14-7-5-13(20)6-8-14/h1-10H,20H2. The van der Waals surface area contributed by atoms with E-state index in [1.165, 1.54) is 12.1 Å². The van der Waals surface area contributed by atoms with E-state index in [0.29, 0.717) is 16.9 Å². The van der Waals surface area contributed by atoms with Crippen molar-refractivity contribution in [2.75, 3.05) is 5.73 Å². The fourth-order valence-corrected chi connectivity index (χ4v) is 2.09. The van der Waals surface area contributed by atoms with Crippen LogP contribution in [0, 0.1) is 0 Å². The minimum absolute atomic E-state index is 0.602. The Bertz CT molecular complexity index is 772. The molecule has 2 N–H and O–H groups in total. The lowest BCUT2D eigenvalue weighted by atomic mass is 10.1. The molecule has 1 aromatic heterocycles. The number of hydrogen-bond acceptors (Lipinski definition) is 2. The highest BCUT2D eigenvalue weighted by Crippen LogP contribution is 2.30. The number of imidazole rings is 1. The molecule has 0 amide bonds. The van der Waals surface area contributed by atoms with Crippen molar-refractivity contribution in [2.24, 2.45) is 0 Å². The lowest BCUT2D eigenvalue weighted by molar-refractivity contribution is -0.137. The van der Waals surface area contributed by atoms with E-state index >= 15 is 0 Å². The molecule has 0 saturated carbocycles. The summed E-state index contributed by atoms with van der Waals surface area (Å²) in [5.74, 6) is 0. The van der Waals surface area contributed by atoms with E-state index in [-0.39, 0.29) is 0 Å². The number of aromatic nitrogens is 2. The first-order valence-electron chi connectivity index (χ1n) is 6.51. The van der Waals surface area contributed by atoms with Crippen LogP contribution in [0.15, 0.2) is 61.1 Å². The lowest BCUT2D eigenvalue weighted by Crippen LogP contribution is -2.03. The van der Waals surface area contributed by atoms with Gasteiger partial charge in [0.25, 0.3) is 0 Å². The van der Waals surface area contributed by atoms with E-state index in [2.05, 4.69) is 4.98 Å². The third kappa shape index (κ3) is 2.81. The van der Waals surface area contributed by atoms with Gasteiger partial charge in [-0.3, -0.25) is 0 Å². The second-order valence-electron chi connectivity index (χ2n) is 4.83. The smallest absolute Gasteiger partial charge is 0.399 e. The predicted octanol–water partition coefficient (Wildman–Crippen LogP) is 4.14. The molecule has 0 aliphatic carbocycles. The predicted molar refractivity (Wildman–Crippen MR) is 78.4 cm³/mol. The topological polar surface area (TPSA) is 43.8 Å². The first-order chi connectivity index (χ1) is 10.4. The number of nitrogen functional groups attached to an aromatic ring is 1. The van der Waals surface area contributed by atoms with Gasteiger partial charge in [0.1, 0.15) is 0 Å². The Morgan fingerprint density at radius 3 is 2.14 bits per heavy atom. The van der Waals surface area contributed by atoms with Gasteiger partial charge in [-0.1, -0.05) is 12.1 Å². The highest BCUT2D eigenvalue weighted by molar-refractivity contribution is 5.59. The molecule has 0 saturated heterocycles. The van der Waals surface area contributed by atoms with Crippen LogP contribution in [0.4, 0.5) is 18.9 Å². The average molecular weight is 303 g/mol. The SMILES string of the molecule is Nc1ccc(-n2cnc(-c3ccc(C(F)(F)F)cc3)c2)cc1. The Labute approximate surface area is 124 Å². The number of benzene rings is 2. The number of nitrogens with zero attached hydrogens (tertiary/aromatic N) is 2. The molecule has 3 rings (SSSR count). The maximum absolute atomic E-state index is 12.6. The average Bonchev–Trinajstić information content (AvgIpc) is 2.97. The molecule has 0 aliphatic rings. The van der Waals surface area contributed by atoms with Crippen LogP contribution in [-0.4, -0.2) is 9.55 Å². The zero-order chi connectivity index (χ0) is 15.7. The highest BCUT2D eigenvalue weighted by atomic mass is 19.4. The van der Waals surface area contributed by atoms with E-state index < -0.39 is 11.7 Å². The Morgan fingerprint density at radius 2 is 1.55 bits per heavy atom. The fourth-order valence-electron chi connectivity index (χ4n) is 2.09. The zero-order valence-electron chi connectivity index (χ0n) is 11.4. The molecule has 0 spiro atoms. The third-order valence-corrected chi connectivity index (χ3v) is 3.28. The third-order valence-electron chi connectivity index (χ3n) is 3.28. The maximum atomic E-state index is 12.6. The van der Waals surface area contributed by atoms with E-state index in [0.717, 1.165) is 17.8 Å². The molecule has 0 unspecified atom stereocenters. The number of nitrogens with two attached hydrogens (primary N) is 1. The van der Waals surface area contributed by atoms with Crippen LogP contribution in [0.2, 0.25) is 0 Å². The summed E-state index contributed by atoms with van der Waals surface area (Å²) in [6.45, 7) is 0. The van der Waals surface area contributed by atoms with Gasteiger partial charge in [-0.15, -0.1) is 0 Å². The summed E-state index contributed by atoms with van der Waals surface area (Å²) in [5.41, 5.74) is 7.72. The first kappa shape index (κ1) is 14.2. The van der Waals surface area contributed by atoms with Crippen molar-refractivity contribution >= 4 is 5.69 Å². The number of alkyl halides is 3. The molecule has 3 aromatic rings. The van der Waals surface area contributed by atoms with Crippen molar-refractivity contribution in [3.05, 3.63) is 66.6 Å². The van der Waals surface area contributed by atoms with Crippen molar-refractivity contribution in [2.45, 2.75) is 6.18 Å². The summed E-state index contributed by atoms with van der Waals surface area (Å²) >= 11 is 0. The van der Waals surface area contributed by atoms with Gasteiger partial charge in [-0.05, 0) is 36.4 Å². The van der Waals surface area contributed by atoms with Crippen LogP contribution in [-0.2, 0) is 6.18 Å². The molecule has 1 heterocycles. The molecule has 6 heteroatoms. The molecular formula is C16H12F3N3. The molecular weight excluding hydrogens is 291 g/mol. The van der Waals surface area contributed by atoms with E-state index in [4.69, 9.17) is 5.73 Å². The maximum Gasteiger partial charge on any atom is 0.416 e.